The van der Waals surface area contributed by atoms with Crippen LogP contribution in [0.4, 0.5) is 5.69 Å². The van der Waals surface area contributed by atoms with Crippen LogP contribution >= 0.6 is 43.2 Å². The normalized spacial score (nSPS) is 11.2. The van der Waals surface area contributed by atoms with Gasteiger partial charge in [0.1, 0.15) is 10.8 Å². The minimum Gasteiger partial charge on any atom is -0.495 e. The second-order valence-electron chi connectivity index (χ2n) is 6.80. The highest BCUT2D eigenvalue weighted by atomic mass is 79.9. The Morgan fingerprint density at radius 2 is 1.94 bits per heavy atom. The second kappa shape index (κ2) is 9.34. The Kier molecular flexibility index (Phi) is 6.55. The molecular formula is C24H18Br2N2O2S. The number of thiazole rings is 1. The van der Waals surface area contributed by atoms with Crippen LogP contribution in [0.2, 0.25) is 0 Å². The molecule has 0 aliphatic heterocycles. The summed E-state index contributed by atoms with van der Waals surface area (Å²) in [6.07, 6.45) is 3.23. The Bertz CT molecular complexity index is 1280. The lowest BCUT2D eigenvalue weighted by molar-refractivity contribution is -0.111. The summed E-state index contributed by atoms with van der Waals surface area (Å²) in [5.41, 5.74) is 4.52. The van der Waals surface area contributed by atoms with E-state index < -0.39 is 0 Å². The number of halogens is 2. The molecule has 0 saturated heterocycles. The largest absolute Gasteiger partial charge is 0.495 e. The number of hydrogen-bond donors (Lipinski definition) is 1. The van der Waals surface area contributed by atoms with Crippen molar-refractivity contribution in [2.24, 2.45) is 0 Å². The van der Waals surface area contributed by atoms with Gasteiger partial charge in [-0.05, 0) is 64.8 Å². The molecule has 0 radical (unpaired) electrons. The third-order valence-corrected chi connectivity index (χ3v) is 6.89. The molecule has 4 rings (SSSR count). The standard InChI is InChI=1S/C24H18Br2N2O2S/c1-14-17(24-28-20-7-3-4-9-21(20)31-24)6-5-8-19(14)27-22(29)11-10-15-12-16(25)13-18(26)23(15)30-2/h3-13H,1-2H3,(H,27,29)/b11-10+. The maximum atomic E-state index is 12.6. The minimum atomic E-state index is -0.220. The average molecular weight is 558 g/mol. The summed E-state index contributed by atoms with van der Waals surface area (Å²) in [5.74, 6) is 0.448. The smallest absolute Gasteiger partial charge is 0.248 e. The first kappa shape index (κ1) is 21.7. The molecule has 156 valence electrons. The Hall–Kier alpha value is -2.48. The van der Waals surface area contributed by atoms with Gasteiger partial charge in [0.15, 0.2) is 0 Å². The number of ether oxygens (including phenoxy) is 1. The van der Waals surface area contributed by atoms with Crippen LogP contribution in [0.15, 0.2) is 69.6 Å². The summed E-state index contributed by atoms with van der Waals surface area (Å²) in [7, 11) is 1.60. The fraction of sp³-hybridized carbons (Fsp3) is 0.0833. The molecular weight excluding hydrogens is 540 g/mol. The molecule has 1 heterocycles. The van der Waals surface area contributed by atoms with E-state index >= 15 is 0 Å². The summed E-state index contributed by atoms with van der Waals surface area (Å²) in [6.45, 7) is 2.00. The van der Waals surface area contributed by atoms with E-state index in [0.717, 1.165) is 46.5 Å². The van der Waals surface area contributed by atoms with E-state index in [9.17, 15) is 4.79 Å². The van der Waals surface area contributed by atoms with Crippen molar-refractivity contribution in [2.45, 2.75) is 6.92 Å². The predicted molar refractivity (Wildman–Crippen MR) is 136 cm³/mol. The summed E-state index contributed by atoms with van der Waals surface area (Å²) in [4.78, 5) is 17.4. The molecule has 0 bridgehead atoms. The number of fused-ring (bicyclic) bond motifs is 1. The van der Waals surface area contributed by atoms with E-state index in [2.05, 4.69) is 43.2 Å². The zero-order valence-corrected chi connectivity index (χ0v) is 20.8. The lowest BCUT2D eigenvalue weighted by Gasteiger charge is -2.10. The van der Waals surface area contributed by atoms with Crippen molar-refractivity contribution < 1.29 is 9.53 Å². The van der Waals surface area contributed by atoms with Crippen LogP contribution in [-0.2, 0) is 4.79 Å². The zero-order valence-electron chi connectivity index (χ0n) is 16.8. The fourth-order valence-electron chi connectivity index (χ4n) is 3.25. The van der Waals surface area contributed by atoms with Gasteiger partial charge in [-0.25, -0.2) is 4.98 Å². The van der Waals surface area contributed by atoms with Crippen molar-refractivity contribution in [3.63, 3.8) is 0 Å². The quantitative estimate of drug-likeness (QED) is 0.259. The molecule has 3 aromatic carbocycles. The van der Waals surface area contributed by atoms with E-state index in [4.69, 9.17) is 9.72 Å². The van der Waals surface area contributed by atoms with Gasteiger partial charge < -0.3 is 10.1 Å². The maximum Gasteiger partial charge on any atom is 0.248 e. The Balaban J connectivity index is 1.58. The molecule has 0 atom stereocenters. The Morgan fingerprint density at radius 3 is 2.71 bits per heavy atom. The van der Waals surface area contributed by atoms with E-state index in [1.165, 1.54) is 6.08 Å². The maximum absolute atomic E-state index is 12.6. The summed E-state index contributed by atoms with van der Waals surface area (Å²) in [5, 5.41) is 3.92. The van der Waals surface area contributed by atoms with E-state index in [-0.39, 0.29) is 5.91 Å². The number of aromatic nitrogens is 1. The van der Waals surface area contributed by atoms with Crippen molar-refractivity contribution in [1.82, 2.24) is 4.98 Å². The van der Waals surface area contributed by atoms with Crippen LogP contribution in [0.3, 0.4) is 0 Å². The van der Waals surface area contributed by atoms with Crippen LogP contribution < -0.4 is 10.1 Å². The molecule has 1 aromatic heterocycles. The lowest BCUT2D eigenvalue weighted by atomic mass is 10.1. The molecule has 0 saturated carbocycles. The van der Waals surface area contributed by atoms with Crippen molar-refractivity contribution in [3.05, 3.63) is 80.7 Å². The van der Waals surface area contributed by atoms with Crippen LogP contribution in [0.5, 0.6) is 5.75 Å². The third-order valence-electron chi connectivity index (χ3n) is 4.77. The SMILES string of the molecule is COc1c(Br)cc(Br)cc1/C=C/C(=O)Nc1cccc(-c2nc3ccccc3s2)c1C. The molecule has 4 nitrogen and oxygen atoms in total. The Morgan fingerprint density at radius 1 is 1.13 bits per heavy atom. The number of nitrogens with zero attached hydrogens (tertiary/aromatic N) is 1. The van der Waals surface area contributed by atoms with Gasteiger partial charge in [0.05, 0.1) is 21.8 Å². The van der Waals surface area contributed by atoms with E-state index in [1.807, 2.05) is 55.5 Å². The topological polar surface area (TPSA) is 51.2 Å². The van der Waals surface area contributed by atoms with E-state index in [1.54, 1.807) is 24.5 Å². The molecule has 0 fully saturated rings. The van der Waals surface area contributed by atoms with Crippen LogP contribution in [0.1, 0.15) is 11.1 Å². The van der Waals surface area contributed by atoms with Crippen LogP contribution in [-0.4, -0.2) is 18.0 Å². The van der Waals surface area contributed by atoms with Gasteiger partial charge in [-0.2, -0.15) is 0 Å². The highest BCUT2D eigenvalue weighted by Gasteiger charge is 2.12. The first-order valence-electron chi connectivity index (χ1n) is 9.44. The second-order valence-corrected chi connectivity index (χ2v) is 9.60. The highest BCUT2D eigenvalue weighted by Crippen LogP contribution is 2.35. The van der Waals surface area contributed by atoms with Gasteiger partial charge in [-0.1, -0.05) is 40.2 Å². The van der Waals surface area contributed by atoms with Crippen molar-refractivity contribution >= 4 is 71.1 Å². The zero-order chi connectivity index (χ0) is 22.0. The molecule has 0 spiro atoms. The molecule has 0 unspecified atom stereocenters. The summed E-state index contributed by atoms with van der Waals surface area (Å²) in [6, 6.07) is 17.7. The molecule has 0 aliphatic rings. The monoisotopic (exact) mass is 556 g/mol. The number of nitrogens with one attached hydrogen (secondary N) is 1. The predicted octanol–water partition coefficient (Wildman–Crippen LogP) is 7.46. The van der Waals surface area contributed by atoms with Gasteiger partial charge in [-0.3, -0.25) is 4.79 Å². The van der Waals surface area contributed by atoms with Crippen molar-refractivity contribution in [2.75, 3.05) is 12.4 Å². The molecule has 1 N–H and O–H groups in total. The first-order valence-corrected chi connectivity index (χ1v) is 11.8. The van der Waals surface area contributed by atoms with Gasteiger partial charge in [-0.15, -0.1) is 11.3 Å². The summed E-state index contributed by atoms with van der Waals surface area (Å²) >= 11 is 8.59. The third kappa shape index (κ3) is 4.74. The number of rotatable bonds is 5. The number of benzene rings is 3. The fourth-order valence-corrected chi connectivity index (χ4v) is 5.72. The number of para-hydroxylation sites is 1. The van der Waals surface area contributed by atoms with Crippen LogP contribution in [0.25, 0.3) is 26.9 Å². The molecule has 1 amide bonds. The number of amides is 1. The lowest BCUT2D eigenvalue weighted by Crippen LogP contribution is -2.09. The van der Waals surface area contributed by atoms with Crippen molar-refractivity contribution in [3.8, 4) is 16.3 Å². The number of hydrogen-bond acceptors (Lipinski definition) is 4. The van der Waals surface area contributed by atoms with E-state index in [0.29, 0.717) is 5.75 Å². The first-order chi connectivity index (χ1) is 15.0. The molecule has 0 aliphatic carbocycles. The van der Waals surface area contributed by atoms with Gasteiger partial charge in [0.25, 0.3) is 0 Å². The number of methoxy groups -OCH3 is 1. The number of carbonyl (C=O) groups is 1. The highest BCUT2D eigenvalue weighted by molar-refractivity contribution is 9.11. The molecule has 7 heteroatoms. The van der Waals surface area contributed by atoms with Crippen molar-refractivity contribution in [1.29, 1.82) is 0 Å². The van der Waals surface area contributed by atoms with Gasteiger partial charge >= 0.3 is 0 Å². The van der Waals surface area contributed by atoms with Gasteiger partial charge in [0, 0.05) is 27.4 Å². The molecule has 31 heavy (non-hydrogen) atoms. The van der Waals surface area contributed by atoms with Crippen LogP contribution in [0, 0.1) is 6.92 Å². The minimum absolute atomic E-state index is 0.220. The molecule has 4 aromatic rings. The summed E-state index contributed by atoms with van der Waals surface area (Å²) < 4.78 is 8.27. The Labute approximate surface area is 201 Å². The average Bonchev–Trinajstić information content (AvgIpc) is 3.17. The number of anilines is 1. The number of carbonyl (C=O) groups excluding carboxylic acids is 1. The van der Waals surface area contributed by atoms with Gasteiger partial charge in [0.2, 0.25) is 5.91 Å².